The minimum absolute atomic E-state index is 0.00180. The van der Waals surface area contributed by atoms with Crippen LogP contribution in [0.15, 0.2) is 58.0 Å². The molecule has 0 aliphatic rings. The average molecular weight is 320 g/mol. The largest absolute Gasteiger partial charge is 0.491 e. The van der Waals surface area contributed by atoms with Crippen molar-refractivity contribution in [3.63, 3.8) is 0 Å². The summed E-state index contributed by atoms with van der Waals surface area (Å²) >= 11 is 3.39. The van der Waals surface area contributed by atoms with Gasteiger partial charge in [0.2, 0.25) is 0 Å². The number of halogens is 1. The molecule has 0 atom stereocenters. The summed E-state index contributed by atoms with van der Waals surface area (Å²) in [4.78, 5) is 4.40. The topological polar surface area (TPSA) is 41.8 Å². The van der Waals surface area contributed by atoms with Gasteiger partial charge in [-0.3, -0.25) is 4.99 Å². The molecule has 2 aromatic carbocycles. The molecule has 0 amide bonds. The van der Waals surface area contributed by atoms with E-state index < -0.39 is 0 Å². The molecule has 4 heteroatoms. The second kappa shape index (κ2) is 7.07. The first kappa shape index (κ1) is 13.8. The van der Waals surface area contributed by atoms with Crippen LogP contribution in [0, 0.1) is 0 Å². The first-order chi connectivity index (χ1) is 9.29. The number of aliphatic hydroxyl groups is 1. The van der Waals surface area contributed by atoms with Gasteiger partial charge in [-0.25, -0.2) is 0 Å². The van der Waals surface area contributed by atoms with Gasteiger partial charge < -0.3 is 9.84 Å². The van der Waals surface area contributed by atoms with E-state index in [4.69, 9.17) is 9.84 Å². The third kappa shape index (κ3) is 4.19. The quantitative estimate of drug-likeness (QED) is 0.856. The summed E-state index contributed by atoms with van der Waals surface area (Å²) in [6.07, 6.45) is 1.76. The van der Waals surface area contributed by atoms with E-state index in [1.54, 1.807) is 6.21 Å². The zero-order valence-corrected chi connectivity index (χ0v) is 11.9. The molecule has 0 heterocycles. The highest BCUT2D eigenvalue weighted by Gasteiger charge is 1.99. The fraction of sp³-hybridized carbons (Fsp3) is 0.133. The van der Waals surface area contributed by atoms with Crippen molar-refractivity contribution in [1.29, 1.82) is 0 Å². The molecule has 3 nitrogen and oxygen atoms in total. The van der Waals surface area contributed by atoms with Crippen molar-refractivity contribution < 1.29 is 9.84 Å². The van der Waals surface area contributed by atoms with Gasteiger partial charge in [0.15, 0.2) is 0 Å². The van der Waals surface area contributed by atoms with Crippen LogP contribution in [0.25, 0.3) is 0 Å². The summed E-state index contributed by atoms with van der Waals surface area (Å²) < 4.78 is 6.47. The summed E-state index contributed by atoms with van der Waals surface area (Å²) in [6, 6.07) is 15.4. The number of ether oxygens (including phenoxy) is 1. The number of benzene rings is 2. The second-order valence-electron chi connectivity index (χ2n) is 3.84. The Balaban J connectivity index is 2.15. The fourth-order valence-corrected chi connectivity index (χ4v) is 1.81. The van der Waals surface area contributed by atoms with E-state index in [0.717, 1.165) is 21.5 Å². The molecule has 0 aromatic heterocycles. The minimum Gasteiger partial charge on any atom is -0.491 e. The molecule has 0 bridgehead atoms. The van der Waals surface area contributed by atoms with Gasteiger partial charge >= 0.3 is 0 Å². The molecule has 1 N–H and O–H groups in total. The highest BCUT2D eigenvalue weighted by Crippen LogP contribution is 2.19. The van der Waals surface area contributed by atoms with Crippen molar-refractivity contribution in [2.24, 2.45) is 4.99 Å². The van der Waals surface area contributed by atoms with E-state index in [1.807, 2.05) is 48.5 Å². The van der Waals surface area contributed by atoms with Gasteiger partial charge in [0.25, 0.3) is 0 Å². The second-order valence-corrected chi connectivity index (χ2v) is 4.76. The lowest BCUT2D eigenvalue weighted by Crippen LogP contribution is -2.03. The molecule has 0 aliphatic carbocycles. The molecular weight excluding hydrogens is 306 g/mol. The lowest BCUT2D eigenvalue weighted by molar-refractivity contribution is 0.201. The molecule has 0 saturated heterocycles. The molecule has 98 valence electrons. The molecule has 0 spiro atoms. The maximum atomic E-state index is 8.79. The van der Waals surface area contributed by atoms with E-state index in [9.17, 15) is 0 Å². The van der Waals surface area contributed by atoms with E-state index in [1.165, 1.54) is 0 Å². The molecule has 0 fully saturated rings. The predicted molar refractivity (Wildman–Crippen MR) is 80.4 cm³/mol. The molecule has 2 rings (SSSR count). The van der Waals surface area contributed by atoms with E-state index >= 15 is 0 Å². The van der Waals surface area contributed by atoms with Crippen molar-refractivity contribution in [2.75, 3.05) is 13.2 Å². The van der Waals surface area contributed by atoms with Crippen LogP contribution >= 0.6 is 15.9 Å². The van der Waals surface area contributed by atoms with Gasteiger partial charge in [-0.1, -0.05) is 28.1 Å². The zero-order chi connectivity index (χ0) is 13.5. The van der Waals surface area contributed by atoms with Crippen LogP contribution in [0.5, 0.6) is 5.75 Å². The Labute approximate surface area is 120 Å². The van der Waals surface area contributed by atoms with Gasteiger partial charge in [0, 0.05) is 16.3 Å². The van der Waals surface area contributed by atoms with Crippen LogP contribution in [0.4, 0.5) is 5.69 Å². The SMILES string of the molecule is OCCOc1ccccc1C=Nc1ccc(Br)cc1. The smallest absolute Gasteiger partial charge is 0.128 e. The van der Waals surface area contributed by atoms with Crippen molar-refractivity contribution in [1.82, 2.24) is 0 Å². The van der Waals surface area contributed by atoms with Crippen LogP contribution in [-0.2, 0) is 0 Å². The maximum Gasteiger partial charge on any atom is 0.128 e. The third-order valence-corrected chi connectivity index (χ3v) is 2.98. The van der Waals surface area contributed by atoms with Crippen LogP contribution in [0.2, 0.25) is 0 Å². The van der Waals surface area contributed by atoms with Crippen LogP contribution in [0.1, 0.15) is 5.56 Å². The Morgan fingerprint density at radius 1 is 1.11 bits per heavy atom. The molecule has 0 radical (unpaired) electrons. The number of para-hydroxylation sites is 1. The first-order valence-corrected chi connectivity index (χ1v) is 6.71. The summed E-state index contributed by atoms with van der Waals surface area (Å²) in [6.45, 7) is 0.279. The molecular formula is C15H14BrNO2. The maximum absolute atomic E-state index is 8.79. The Morgan fingerprint density at radius 3 is 2.58 bits per heavy atom. The highest BCUT2D eigenvalue weighted by molar-refractivity contribution is 9.10. The Kier molecular flexibility index (Phi) is 5.12. The Hall–Kier alpha value is -1.65. The van der Waals surface area contributed by atoms with E-state index in [-0.39, 0.29) is 13.2 Å². The van der Waals surface area contributed by atoms with Crippen molar-refractivity contribution >= 4 is 27.8 Å². The van der Waals surface area contributed by atoms with Gasteiger partial charge in [-0.2, -0.15) is 0 Å². The van der Waals surface area contributed by atoms with Crippen molar-refractivity contribution in [3.05, 3.63) is 58.6 Å². The van der Waals surface area contributed by atoms with Crippen molar-refractivity contribution in [2.45, 2.75) is 0 Å². The molecule has 0 unspecified atom stereocenters. The molecule has 0 saturated carbocycles. The Morgan fingerprint density at radius 2 is 1.84 bits per heavy atom. The first-order valence-electron chi connectivity index (χ1n) is 5.92. The van der Waals surface area contributed by atoms with Gasteiger partial charge in [0.05, 0.1) is 12.3 Å². The summed E-state index contributed by atoms with van der Waals surface area (Å²) in [5.41, 5.74) is 1.76. The zero-order valence-electron chi connectivity index (χ0n) is 10.3. The number of hydrogen-bond acceptors (Lipinski definition) is 3. The number of nitrogens with zero attached hydrogens (tertiary/aromatic N) is 1. The predicted octanol–water partition coefficient (Wildman–Crippen LogP) is 3.57. The molecule has 19 heavy (non-hydrogen) atoms. The highest BCUT2D eigenvalue weighted by atomic mass is 79.9. The normalized spacial score (nSPS) is 10.8. The van der Waals surface area contributed by atoms with Crippen LogP contribution in [0.3, 0.4) is 0 Å². The number of aliphatic hydroxyl groups excluding tert-OH is 1. The Bertz CT molecular complexity index is 552. The summed E-state index contributed by atoms with van der Waals surface area (Å²) in [5, 5.41) is 8.79. The summed E-state index contributed by atoms with van der Waals surface area (Å²) in [5.74, 6) is 0.720. The minimum atomic E-state index is -0.00180. The van der Waals surface area contributed by atoms with Gasteiger partial charge in [-0.15, -0.1) is 0 Å². The van der Waals surface area contributed by atoms with E-state index in [2.05, 4.69) is 20.9 Å². The fourth-order valence-electron chi connectivity index (χ4n) is 1.55. The molecule has 2 aromatic rings. The van der Waals surface area contributed by atoms with E-state index in [0.29, 0.717) is 0 Å². The summed E-state index contributed by atoms with van der Waals surface area (Å²) in [7, 11) is 0. The van der Waals surface area contributed by atoms with Crippen molar-refractivity contribution in [3.8, 4) is 5.75 Å². The lowest BCUT2D eigenvalue weighted by Gasteiger charge is -2.06. The molecule has 0 aliphatic heterocycles. The number of hydrogen-bond donors (Lipinski definition) is 1. The standard InChI is InChI=1S/C15H14BrNO2/c16-13-5-7-14(8-6-13)17-11-12-3-1-2-4-15(12)19-10-9-18/h1-8,11,18H,9-10H2. The van der Waals surface area contributed by atoms with Gasteiger partial charge in [0.1, 0.15) is 12.4 Å². The van der Waals surface area contributed by atoms with Crippen LogP contribution < -0.4 is 4.74 Å². The van der Waals surface area contributed by atoms with Gasteiger partial charge in [-0.05, 0) is 36.4 Å². The third-order valence-electron chi connectivity index (χ3n) is 2.45. The number of aliphatic imine (C=N–C) groups is 1. The monoisotopic (exact) mass is 319 g/mol. The van der Waals surface area contributed by atoms with Crippen LogP contribution in [-0.4, -0.2) is 24.5 Å². The average Bonchev–Trinajstić information content (AvgIpc) is 2.45. The lowest BCUT2D eigenvalue weighted by atomic mass is 10.2. The number of rotatable bonds is 5.